The van der Waals surface area contributed by atoms with Crippen LogP contribution in [0.5, 0.6) is 11.5 Å². The largest absolute Gasteiger partial charge is 0.507 e. The smallest absolute Gasteiger partial charge is 0.300 e. The molecule has 0 radical (unpaired) electrons. The van der Waals surface area contributed by atoms with Crippen molar-refractivity contribution in [1.29, 1.82) is 0 Å². The summed E-state index contributed by atoms with van der Waals surface area (Å²) in [6.07, 6.45) is 0. The van der Waals surface area contributed by atoms with E-state index in [1.807, 2.05) is 49.6 Å². The summed E-state index contributed by atoms with van der Waals surface area (Å²) in [6, 6.07) is 13.8. The van der Waals surface area contributed by atoms with E-state index in [1.165, 1.54) is 16.2 Å². The molecular formula is C25H21NO5S. The molecule has 162 valence electrons. The molecule has 2 aliphatic rings. The summed E-state index contributed by atoms with van der Waals surface area (Å²) < 4.78 is 11.2. The normalized spacial score (nSPS) is 19.4. The molecule has 2 aromatic carbocycles. The van der Waals surface area contributed by atoms with Crippen LogP contribution in [0.1, 0.15) is 27.6 Å². The molecule has 1 saturated heterocycles. The zero-order valence-electron chi connectivity index (χ0n) is 17.6. The highest BCUT2D eigenvalue weighted by atomic mass is 32.1. The van der Waals surface area contributed by atoms with Gasteiger partial charge in [-0.2, -0.15) is 0 Å². The molecule has 0 spiro atoms. The van der Waals surface area contributed by atoms with Gasteiger partial charge in [0.2, 0.25) is 0 Å². The Hall–Kier alpha value is -3.58. The number of aliphatic hydroxyl groups excluding tert-OH is 1. The third-order valence-corrected chi connectivity index (χ3v) is 6.61. The molecule has 0 aliphatic carbocycles. The van der Waals surface area contributed by atoms with Gasteiger partial charge in [0.25, 0.3) is 11.7 Å². The zero-order chi connectivity index (χ0) is 22.4. The maximum absolute atomic E-state index is 13.2. The summed E-state index contributed by atoms with van der Waals surface area (Å²) in [7, 11) is 0. The topological polar surface area (TPSA) is 76.1 Å². The highest BCUT2D eigenvalue weighted by molar-refractivity contribution is 7.10. The molecule has 0 bridgehead atoms. The number of amides is 1. The van der Waals surface area contributed by atoms with Gasteiger partial charge in [0.05, 0.1) is 5.57 Å². The van der Waals surface area contributed by atoms with Crippen LogP contribution >= 0.6 is 11.3 Å². The average molecular weight is 448 g/mol. The Balaban J connectivity index is 1.68. The molecule has 3 heterocycles. The molecule has 3 aromatic rings. The number of benzene rings is 2. The monoisotopic (exact) mass is 447 g/mol. The van der Waals surface area contributed by atoms with E-state index < -0.39 is 17.7 Å². The molecule has 1 aromatic heterocycles. The first-order valence-electron chi connectivity index (χ1n) is 10.3. The number of rotatable bonds is 3. The van der Waals surface area contributed by atoms with E-state index in [0.717, 1.165) is 16.0 Å². The Morgan fingerprint density at radius 1 is 1.03 bits per heavy atom. The minimum atomic E-state index is -0.718. The molecule has 1 fully saturated rings. The van der Waals surface area contributed by atoms with Crippen molar-refractivity contribution in [2.45, 2.75) is 19.9 Å². The van der Waals surface area contributed by atoms with Crippen molar-refractivity contribution in [3.8, 4) is 11.5 Å². The van der Waals surface area contributed by atoms with Crippen LogP contribution in [0.3, 0.4) is 0 Å². The van der Waals surface area contributed by atoms with E-state index in [1.54, 1.807) is 18.2 Å². The number of carbonyl (C=O) groups excluding carboxylic acids is 2. The van der Waals surface area contributed by atoms with Gasteiger partial charge in [0.1, 0.15) is 25.0 Å². The number of fused-ring (bicyclic) bond motifs is 1. The van der Waals surface area contributed by atoms with E-state index in [2.05, 4.69) is 0 Å². The first-order chi connectivity index (χ1) is 15.5. The van der Waals surface area contributed by atoms with Gasteiger partial charge in [-0.05, 0) is 55.1 Å². The summed E-state index contributed by atoms with van der Waals surface area (Å²) >= 11 is 1.43. The number of ketones is 1. The van der Waals surface area contributed by atoms with Crippen LogP contribution in [-0.2, 0) is 9.59 Å². The molecule has 1 unspecified atom stereocenters. The summed E-state index contributed by atoms with van der Waals surface area (Å²) in [5.41, 5.74) is 3.06. The first-order valence-corrected chi connectivity index (χ1v) is 11.2. The number of hydrogen-bond donors (Lipinski definition) is 1. The van der Waals surface area contributed by atoms with Crippen LogP contribution < -0.4 is 14.4 Å². The molecule has 6 nitrogen and oxygen atoms in total. The van der Waals surface area contributed by atoms with Crippen molar-refractivity contribution in [3.63, 3.8) is 0 Å². The average Bonchev–Trinajstić information content (AvgIpc) is 3.40. The lowest BCUT2D eigenvalue weighted by atomic mass is 9.99. The molecule has 1 atom stereocenters. The molecule has 5 rings (SSSR count). The fourth-order valence-corrected chi connectivity index (χ4v) is 5.04. The maximum atomic E-state index is 13.2. The molecule has 1 amide bonds. The molecule has 2 aliphatic heterocycles. The number of anilines is 1. The van der Waals surface area contributed by atoms with Gasteiger partial charge in [0.15, 0.2) is 11.5 Å². The van der Waals surface area contributed by atoms with Crippen molar-refractivity contribution in [1.82, 2.24) is 0 Å². The lowest BCUT2D eigenvalue weighted by molar-refractivity contribution is -0.132. The number of ether oxygens (including phenoxy) is 2. The van der Waals surface area contributed by atoms with Crippen LogP contribution in [-0.4, -0.2) is 30.0 Å². The molecule has 1 N–H and O–H groups in total. The van der Waals surface area contributed by atoms with Gasteiger partial charge in [-0.15, -0.1) is 11.3 Å². The highest BCUT2D eigenvalue weighted by Crippen LogP contribution is 2.45. The minimum Gasteiger partial charge on any atom is -0.507 e. The number of thiophene rings is 1. The van der Waals surface area contributed by atoms with Crippen LogP contribution in [0.25, 0.3) is 5.76 Å². The van der Waals surface area contributed by atoms with Gasteiger partial charge in [-0.3, -0.25) is 14.5 Å². The van der Waals surface area contributed by atoms with Crippen molar-refractivity contribution in [3.05, 3.63) is 81.1 Å². The Morgan fingerprint density at radius 3 is 2.53 bits per heavy atom. The SMILES string of the molecule is Cc1ccc(N2C(=O)C(=O)/C(=C(\O)c3ccc4c(c3)OCCO4)C2c2cccs2)c(C)c1. The number of aliphatic hydroxyl groups is 1. The number of carbonyl (C=O) groups is 2. The van der Waals surface area contributed by atoms with Crippen LogP contribution in [0, 0.1) is 13.8 Å². The number of hydrogen-bond acceptors (Lipinski definition) is 6. The Labute approximate surface area is 189 Å². The molecule has 32 heavy (non-hydrogen) atoms. The number of aryl methyl sites for hydroxylation is 2. The fraction of sp³-hybridized carbons (Fsp3) is 0.200. The van der Waals surface area contributed by atoms with Crippen LogP contribution in [0.2, 0.25) is 0 Å². The first kappa shape index (κ1) is 20.3. The van der Waals surface area contributed by atoms with E-state index >= 15 is 0 Å². The Bertz CT molecular complexity index is 1260. The summed E-state index contributed by atoms with van der Waals surface area (Å²) in [4.78, 5) is 28.7. The zero-order valence-corrected chi connectivity index (χ0v) is 18.4. The second-order valence-electron chi connectivity index (χ2n) is 7.83. The summed E-state index contributed by atoms with van der Waals surface area (Å²) in [5.74, 6) is -0.522. The molecule has 0 saturated carbocycles. The van der Waals surface area contributed by atoms with E-state index in [9.17, 15) is 14.7 Å². The second-order valence-corrected chi connectivity index (χ2v) is 8.81. The predicted octanol–water partition coefficient (Wildman–Crippen LogP) is 4.76. The number of Topliss-reactive ketones (excluding diaryl/α,β-unsaturated/α-hetero) is 1. The summed E-state index contributed by atoms with van der Waals surface area (Å²) in [6.45, 7) is 4.75. The van der Waals surface area contributed by atoms with Crippen molar-refractivity contribution < 1.29 is 24.2 Å². The lowest BCUT2D eigenvalue weighted by Crippen LogP contribution is -2.29. The Kier molecular flexibility index (Phi) is 4.98. The lowest BCUT2D eigenvalue weighted by Gasteiger charge is -2.26. The van der Waals surface area contributed by atoms with Crippen molar-refractivity contribution in [2.24, 2.45) is 0 Å². The molecular weight excluding hydrogens is 426 g/mol. The van der Waals surface area contributed by atoms with Gasteiger partial charge < -0.3 is 14.6 Å². The maximum Gasteiger partial charge on any atom is 0.300 e. The summed E-state index contributed by atoms with van der Waals surface area (Å²) in [5, 5.41) is 13.1. The van der Waals surface area contributed by atoms with E-state index in [0.29, 0.717) is 36.0 Å². The van der Waals surface area contributed by atoms with Crippen molar-refractivity contribution >= 4 is 34.5 Å². The van der Waals surface area contributed by atoms with Gasteiger partial charge in [0, 0.05) is 16.1 Å². The molecule has 7 heteroatoms. The van der Waals surface area contributed by atoms with E-state index in [-0.39, 0.29) is 11.3 Å². The third kappa shape index (κ3) is 3.26. The van der Waals surface area contributed by atoms with Gasteiger partial charge in [-0.25, -0.2) is 0 Å². The third-order valence-electron chi connectivity index (χ3n) is 5.68. The van der Waals surface area contributed by atoms with Crippen LogP contribution in [0.15, 0.2) is 59.5 Å². The van der Waals surface area contributed by atoms with Crippen LogP contribution in [0.4, 0.5) is 5.69 Å². The van der Waals surface area contributed by atoms with Crippen molar-refractivity contribution in [2.75, 3.05) is 18.1 Å². The predicted molar refractivity (Wildman–Crippen MR) is 122 cm³/mol. The standard InChI is InChI=1S/C25H21NO5S/c1-14-5-7-17(15(2)12-14)26-22(20-4-3-11-32-20)21(24(28)25(26)29)23(27)16-6-8-18-19(13-16)31-10-9-30-18/h3-8,11-13,22,27H,9-10H2,1-2H3/b23-21-. The second kappa shape index (κ2) is 7.84. The number of nitrogens with zero attached hydrogens (tertiary/aromatic N) is 1. The fourth-order valence-electron chi connectivity index (χ4n) is 4.22. The van der Waals surface area contributed by atoms with Gasteiger partial charge in [-0.1, -0.05) is 23.8 Å². The highest BCUT2D eigenvalue weighted by Gasteiger charge is 2.47. The minimum absolute atomic E-state index is 0.0640. The van der Waals surface area contributed by atoms with E-state index in [4.69, 9.17) is 9.47 Å². The quantitative estimate of drug-likeness (QED) is 0.356. The van der Waals surface area contributed by atoms with Gasteiger partial charge >= 0.3 is 0 Å². The Morgan fingerprint density at radius 2 is 1.81 bits per heavy atom.